The van der Waals surface area contributed by atoms with Crippen LogP contribution in [-0.4, -0.2) is 22.4 Å². The second-order valence-electron chi connectivity index (χ2n) is 5.27. The quantitative estimate of drug-likeness (QED) is 0.681. The Hall–Kier alpha value is -0.530. The third-order valence-electron chi connectivity index (χ3n) is 2.94. The molecule has 0 N–H and O–H groups in total. The maximum atomic E-state index is 11.7. The van der Waals surface area contributed by atoms with Gasteiger partial charge in [0.25, 0.3) is 0 Å². The van der Waals surface area contributed by atoms with Gasteiger partial charge in [0, 0.05) is 18.0 Å². The van der Waals surface area contributed by atoms with E-state index < -0.39 is 0 Å². The molecule has 2 heteroatoms. The Labute approximate surface area is 87.7 Å². The minimum atomic E-state index is 0.00594. The number of nitrogens with zero attached hydrogens (tertiary/aromatic N) is 1. The first-order valence-electron chi connectivity index (χ1n) is 5.79. The first-order chi connectivity index (χ1) is 6.46. The Morgan fingerprint density at radius 1 is 1.43 bits per heavy atom. The van der Waals surface area contributed by atoms with Gasteiger partial charge in [-0.2, -0.15) is 0 Å². The van der Waals surface area contributed by atoms with Crippen LogP contribution >= 0.6 is 0 Å². The molecule has 0 bridgehead atoms. The van der Waals surface area contributed by atoms with Gasteiger partial charge in [-0.25, -0.2) is 0 Å². The summed E-state index contributed by atoms with van der Waals surface area (Å²) in [5, 5.41) is 0. The van der Waals surface area contributed by atoms with Gasteiger partial charge in [0.15, 0.2) is 0 Å². The highest BCUT2D eigenvalue weighted by molar-refractivity contribution is 5.79. The van der Waals surface area contributed by atoms with Crippen LogP contribution in [0.1, 0.15) is 59.8 Å². The van der Waals surface area contributed by atoms with E-state index in [4.69, 9.17) is 0 Å². The summed E-state index contributed by atoms with van der Waals surface area (Å²) in [6.07, 6.45) is 5.47. The van der Waals surface area contributed by atoms with Gasteiger partial charge in [-0.1, -0.05) is 19.8 Å². The van der Waals surface area contributed by atoms with Gasteiger partial charge < -0.3 is 4.90 Å². The Kier molecular flexibility index (Phi) is 3.57. The molecule has 0 saturated carbocycles. The first kappa shape index (κ1) is 11.5. The second-order valence-corrected chi connectivity index (χ2v) is 5.27. The number of carbonyl (C=O) groups excluding carboxylic acids is 1. The van der Waals surface area contributed by atoms with E-state index in [0.29, 0.717) is 11.9 Å². The van der Waals surface area contributed by atoms with Crippen molar-refractivity contribution in [3.8, 4) is 0 Å². The lowest BCUT2D eigenvalue weighted by Gasteiger charge is -2.37. The van der Waals surface area contributed by atoms with Crippen molar-refractivity contribution in [2.75, 3.05) is 0 Å². The fourth-order valence-corrected chi connectivity index (χ4v) is 2.38. The van der Waals surface area contributed by atoms with Crippen molar-refractivity contribution in [1.82, 2.24) is 4.90 Å². The lowest BCUT2D eigenvalue weighted by molar-refractivity contribution is -0.133. The van der Waals surface area contributed by atoms with Crippen LogP contribution in [0.25, 0.3) is 0 Å². The summed E-state index contributed by atoms with van der Waals surface area (Å²) in [7, 11) is 0. The van der Waals surface area contributed by atoms with E-state index in [1.54, 1.807) is 0 Å². The normalized spacial score (nSPS) is 23.3. The zero-order valence-electron chi connectivity index (χ0n) is 9.97. The van der Waals surface area contributed by atoms with E-state index in [1.165, 1.54) is 19.3 Å². The second kappa shape index (κ2) is 4.33. The molecule has 14 heavy (non-hydrogen) atoms. The predicted molar refractivity (Wildman–Crippen MR) is 59.1 cm³/mol. The van der Waals surface area contributed by atoms with E-state index >= 15 is 0 Å². The molecule has 0 aromatic heterocycles. The zero-order valence-corrected chi connectivity index (χ0v) is 9.97. The molecule has 2 nitrogen and oxygen atoms in total. The molecule has 0 aliphatic carbocycles. The molecule has 82 valence electrons. The summed E-state index contributed by atoms with van der Waals surface area (Å²) in [6, 6.07) is 0.502. The van der Waals surface area contributed by atoms with Crippen LogP contribution in [0.2, 0.25) is 0 Å². The predicted octanol–water partition coefficient (Wildman–Crippen LogP) is 2.97. The van der Waals surface area contributed by atoms with Crippen molar-refractivity contribution in [3.05, 3.63) is 0 Å². The Morgan fingerprint density at radius 2 is 2.07 bits per heavy atom. The van der Waals surface area contributed by atoms with E-state index in [1.807, 2.05) is 0 Å². The third-order valence-corrected chi connectivity index (χ3v) is 2.94. The number of unbranched alkanes of at least 4 members (excludes halogenated alkanes) is 1. The molecule has 0 spiro atoms. The molecule has 0 aromatic carbocycles. The van der Waals surface area contributed by atoms with Crippen molar-refractivity contribution >= 4 is 5.91 Å². The van der Waals surface area contributed by atoms with Crippen LogP contribution in [-0.2, 0) is 4.79 Å². The van der Waals surface area contributed by atoms with Crippen LogP contribution < -0.4 is 0 Å². The zero-order chi connectivity index (χ0) is 10.8. The Balaban J connectivity index is 2.62. The fourth-order valence-electron chi connectivity index (χ4n) is 2.38. The molecule has 1 atom stereocenters. The molecule has 0 aromatic rings. The molecule has 1 amide bonds. The average Bonchev–Trinajstić information content (AvgIpc) is 2.42. The van der Waals surface area contributed by atoms with Crippen molar-refractivity contribution in [2.24, 2.45) is 0 Å². The topological polar surface area (TPSA) is 20.3 Å². The van der Waals surface area contributed by atoms with Gasteiger partial charge in [0.05, 0.1) is 0 Å². The van der Waals surface area contributed by atoms with E-state index in [0.717, 1.165) is 12.8 Å². The third kappa shape index (κ3) is 2.49. The van der Waals surface area contributed by atoms with Crippen LogP contribution in [0, 0.1) is 0 Å². The molecule has 1 aliphatic heterocycles. The van der Waals surface area contributed by atoms with Gasteiger partial charge in [-0.3, -0.25) is 4.79 Å². The number of carbonyl (C=O) groups is 1. The summed E-state index contributed by atoms with van der Waals surface area (Å²) in [5.41, 5.74) is 0.00594. The molecular formula is C12H23NO. The molecule has 1 saturated heterocycles. The monoisotopic (exact) mass is 197 g/mol. The number of amides is 1. The minimum absolute atomic E-state index is 0.00594. The smallest absolute Gasteiger partial charge is 0.223 e. The van der Waals surface area contributed by atoms with E-state index in [9.17, 15) is 4.79 Å². The molecule has 1 heterocycles. The van der Waals surface area contributed by atoms with Crippen molar-refractivity contribution in [2.45, 2.75) is 71.4 Å². The first-order valence-corrected chi connectivity index (χ1v) is 5.79. The number of rotatable bonds is 3. The molecule has 1 unspecified atom stereocenters. The van der Waals surface area contributed by atoms with Crippen LogP contribution in [0.5, 0.6) is 0 Å². The van der Waals surface area contributed by atoms with Crippen LogP contribution in [0.3, 0.4) is 0 Å². The Bertz CT molecular complexity index is 205. The average molecular weight is 197 g/mol. The molecule has 1 fully saturated rings. The van der Waals surface area contributed by atoms with Crippen molar-refractivity contribution in [3.63, 3.8) is 0 Å². The van der Waals surface area contributed by atoms with Gasteiger partial charge in [-0.15, -0.1) is 0 Å². The molecule has 1 aliphatic rings. The standard InChI is InChI=1S/C12H23NO/c1-5-6-7-10-8-9-11(14)13(10)12(2,3)4/h10H,5-9H2,1-4H3. The van der Waals surface area contributed by atoms with Gasteiger partial charge >= 0.3 is 0 Å². The minimum Gasteiger partial charge on any atom is -0.335 e. The summed E-state index contributed by atoms with van der Waals surface area (Å²) < 4.78 is 0. The van der Waals surface area contributed by atoms with E-state index in [2.05, 4.69) is 32.6 Å². The summed E-state index contributed by atoms with van der Waals surface area (Å²) in [5.74, 6) is 0.346. The number of hydrogen-bond acceptors (Lipinski definition) is 1. The largest absolute Gasteiger partial charge is 0.335 e. The van der Waals surface area contributed by atoms with E-state index in [-0.39, 0.29) is 5.54 Å². The van der Waals surface area contributed by atoms with Crippen LogP contribution in [0.15, 0.2) is 0 Å². The van der Waals surface area contributed by atoms with Crippen molar-refractivity contribution in [1.29, 1.82) is 0 Å². The SMILES string of the molecule is CCCCC1CCC(=O)N1C(C)(C)C. The number of hydrogen-bond donors (Lipinski definition) is 0. The molecular weight excluding hydrogens is 174 g/mol. The fraction of sp³-hybridized carbons (Fsp3) is 0.917. The van der Waals surface area contributed by atoms with Gasteiger partial charge in [0.1, 0.15) is 0 Å². The summed E-state index contributed by atoms with van der Waals surface area (Å²) >= 11 is 0. The van der Waals surface area contributed by atoms with Crippen molar-refractivity contribution < 1.29 is 4.79 Å². The number of likely N-dealkylation sites (tertiary alicyclic amines) is 1. The van der Waals surface area contributed by atoms with Crippen LogP contribution in [0.4, 0.5) is 0 Å². The molecule has 0 radical (unpaired) electrons. The Morgan fingerprint density at radius 3 is 2.57 bits per heavy atom. The maximum Gasteiger partial charge on any atom is 0.223 e. The lowest BCUT2D eigenvalue weighted by atomic mass is 10.0. The highest BCUT2D eigenvalue weighted by Gasteiger charge is 2.37. The van der Waals surface area contributed by atoms with Gasteiger partial charge in [-0.05, 0) is 33.6 Å². The maximum absolute atomic E-state index is 11.7. The summed E-state index contributed by atoms with van der Waals surface area (Å²) in [4.78, 5) is 13.8. The lowest BCUT2D eigenvalue weighted by Crippen LogP contribution is -2.47. The highest BCUT2D eigenvalue weighted by atomic mass is 16.2. The summed E-state index contributed by atoms with van der Waals surface area (Å²) in [6.45, 7) is 8.61. The highest BCUT2D eigenvalue weighted by Crippen LogP contribution is 2.30. The molecule has 1 rings (SSSR count). The van der Waals surface area contributed by atoms with Gasteiger partial charge in [0.2, 0.25) is 5.91 Å².